The monoisotopic (exact) mass is 475 g/mol. The molecule has 4 aromatic rings. The standard InChI is InChI=1S/C25H26FN7O2/c1-3-4-17-12-29-32-14-18(24-16(2)33(31-30-24)20-7-9-27-10-8-20)11-22(25(17)32)35-23(15-34)21-6-5-19(26)13-28-21/h5-6,11-14,20,23,27,34H,7-10,15H2,1-2H3. The Morgan fingerprint density at radius 1 is 1.29 bits per heavy atom. The van der Waals surface area contributed by atoms with E-state index in [2.05, 4.69) is 37.6 Å². The van der Waals surface area contributed by atoms with Crippen LogP contribution in [0.1, 0.15) is 48.9 Å². The number of pyridine rings is 2. The molecule has 4 aromatic heterocycles. The Labute approximate surface area is 201 Å². The molecule has 35 heavy (non-hydrogen) atoms. The molecule has 0 amide bonds. The molecule has 0 aromatic carbocycles. The molecule has 1 saturated heterocycles. The minimum absolute atomic E-state index is 0.302. The van der Waals surface area contributed by atoms with Crippen molar-refractivity contribution in [2.24, 2.45) is 0 Å². The maximum atomic E-state index is 13.4. The maximum absolute atomic E-state index is 13.4. The fourth-order valence-corrected chi connectivity index (χ4v) is 4.46. The molecule has 1 aliphatic rings. The lowest BCUT2D eigenvalue weighted by molar-refractivity contribution is 0.114. The highest BCUT2D eigenvalue weighted by atomic mass is 19.1. The van der Waals surface area contributed by atoms with Crippen LogP contribution in [0.4, 0.5) is 4.39 Å². The Hall–Kier alpha value is -3.81. The van der Waals surface area contributed by atoms with Crippen molar-refractivity contribution in [3.05, 3.63) is 59.6 Å². The van der Waals surface area contributed by atoms with Gasteiger partial charge in [-0.1, -0.05) is 11.1 Å². The summed E-state index contributed by atoms with van der Waals surface area (Å²) in [5.41, 5.74) is 4.22. The minimum atomic E-state index is -0.807. The van der Waals surface area contributed by atoms with Crippen LogP contribution in [0.5, 0.6) is 5.75 Å². The number of aromatic nitrogens is 6. The average molecular weight is 476 g/mol. The number of ether oxygens (including phenoxy) is 1. The second kappa shape index (κ2) is 9.82. The number of aliphatic hydroxyl groups excluding tert-OH is 1. The smallest absolute Gasteiger partial charge is 0.163 e. The molecule has 9 nitrogen and oxygen atoms in total. The van der Waals surface area contributed by atoms with Gasteiger partial charge in [0.25, 0.3) is 0 Å². The van der Waals surface area contributed by atoms with Crippen molar-refractivity contribution < 1.29 is 14.2 Å². The molecule has 1 fully saturated rings. The van der Waals surface area contributed by atoms with Gasteiger partial charge in [0.05, 0.1) is 42.0 Å². The number of hydrogen-bond donors (Lipinski definition) is 2. The molecule has 5 heterocycles. The summed E-state index contributed by atoms with van der Waals surface area (Å²) in [6.45, 7) is 5.33. The number of rotatable bonds is 6. The zero-order valence-electron chi connectivity index (χ0n) is 19.6. The number of piperidine rings is 1. The first-order valence-corrected chi connectivity index (χ1v) is 11.5. The molecule has 0 radical (unpaired) electrons. The van der Waals surface area contributed by atoms with Crippen molar-refractivity contribution in [1.82, 2.24) is 34.9 Å². The van der Waals surface area contributed by atoms with E-state index in [0.717, 1.165) is 49.1 Å². The number of aliphatic hydroxyl groups is 1. The molecule has 10 heteroatoms. The van der Waals surface area contributed by atoms with Crippen LogP contribution in [0, 0.1) is 24.6 Å². The number of fused-ring (bicyclic) bond motifs is 1. The van der Waals surface area contributed by atoms with E-state index in [1.54, 1.807) is 17.6 Å². The van der Waals surface area contributed by atoms with E-state index < -0.39 is 11.9 Å². The lowest BCUT2D eigenvalue weighted by Gasteiger charge is -2.23. The Bertz CT molecular complexity index is 1400. The van der Waals surface area contributed by atoms with Crippen LogP contribution in [0.3, 0.4) is 0 Å². The van der Waals surface area contributed by atoms with E-state index in [0.29, 0.717) is 28.6 Å². The van der Waals surface area contributed by atoms with Gasteiger partial charge in [0.1, 0.15) is 22.8 Å². The quantitative estimate of drug-likeness (QED) is 0.414. The van der Waals surface area contributed by atoms with Gasteiger partial charge in [-0.25, -0.2) is 13.6 Å². The van der Waals surface area contributed by atoms with Crippen LogP contribution in [0.15, 0.2) is 36.8 Å². The van der Waals surface area contributed by atoms with Gasteiger partial charge in [0.15, 0.2) is 6.10 Å². The first kappa shape index (κ1) is 23.0. The van der Waals surface area contributed by atoms with Crippen LogP contribution in [-0.2, 0) is 0 Å². The summed E-state index contributed by atoms with van der Waals surface area (Å²) >= 11 is 0. The van der Waals surface area contributed by atoms with Gasteiger partial charge >= 0.3 is 0 Å². The first-order chi connectivity index (χ1) is 17.1. The summed E-state index contributed by atoms with van der Waals surface area (Å²) in [7, 11) is 0. The lowest BCUT2D eigenvalue weighted by Crippen LogP contribution is -2.30. The van der Waals surface area contributed by atoms with Crippen molar-refractivity contribution in [1.29, 1.82) is 0 Å². The third kappa shape index (κ3) is 4.48. The molecule has 0 bridgehead atoms. The summed E-state index contributed by atoms with van der Waals surface area (Å²) in [5, 5.41) is 26.8. The van der Waals surface area contributed by atoms with Crippen LogP contribution in [0.2, 0.25) is 0 Å². The SMILES string of the molecule is CC#Cc1cnn2cc(-c3nnn(C4CCNCC4)c3C)cc(OC(CO)c3ccc(F)cn3)c12. The fourth-order valence-electron chi connectivity index (χ4n) is 4.46. The Balaban J connectivity index is 1.58. The maximum Gasteiger partial charge on any atom is 0.163 e. The van der Waals surface area contributed by atoms with E-state index in [1.807, 2.05) is 23.9 Å². The zero-order chi connectivity index (χ0) is 24.4. The molecule has 1 unspecified atom stereocenters. The molecule has 0 spiro atoms. The van der Waals surface area contributed by atoms with E-state index in [9.17, 15) is 9.50 Å². The topological polar surface area (TPSA) is 102 Å². The normalized spacial score (nSPS) is 15.1. The highest BCUT2D eigenvalue weighted by Gasteiger charge is 2.23. The van der Waals surface area contributed by atoms with Crippen molar-refractivity contribution in [2.45, 2.75) is 38.8 Å². The molecule has 180 valence electrons. The van der Waals surface area contributed by atoms with Crippen molar-refractivity contribution >= 4 is 5.52 Å². The van der Waals surface area contributed by atoms with Crippen molar-refractivity contribution in [3.63, 3.8) is 0 Å². The predicted molar refractivity (Wildman–Crippen MR) is 127 cm³/mol. The Morgan fingerprint density at radius 2 is 2.11 bits per heavy atom. The van der Waals surface area contributed by atoms with Gasteiger partial charge < -0.3 is 15.2 Å². The number of hydrogen-bond acceptors (Lipinski definition) is 7. The molecule has 1 atom stereocenters. The third-order valence-electron chi connectivity index (χ3n) is 6.21. The van der Waals surface area contributed by atoms with Gasteiger partial charge in [0.2, 0.25) is 0 Å². The summed E-state index contributed by atoms with van der Waals surface area (Å²) in [6.07, 6.45) is 5.83. The molecule has 5 rings (SSSR count). The Kier molecular flexibility index (Phi) is 6.44. The number of nitrogens with zero attached hydrogens (tertiary/aromatic N) is 6. The van der Waals surface area contributed by atoms with Gasteiger partial charge in [-0.15, -0.1) is 11.0 Å². The predicted octanol–water partition coefficient (Wildman–Crippen LogP) is 2.84. The average Bonchev–Trinajstić information content (AvgIpc) is 3.47. The lowest BCUT2D eigenvalue weighted by atomic mass is 10.1. The molecule has 0 saturated carbocycles. The third-order valence-corrected chi connectivity index (χ3v) is 6.21. The van der Waals surface area contributed by atoms with Crippen molar-refractivity contribution in [2.75, 3.05) is 19.7 Å². The van der Waals surface area contributed by atoms with Gasteiger partial charge in [-0.05, 0) is 58.0 Å². The van der Waals surface area contributed by atoms with E-state index >= 15 is 0 Å². The van der Waals surface area contributed by atoms with Gasteiger partial charge in [-0.3, -0.25) is 4.98 Å². The van der Waals surface area contributed by atoms with Gasteiger partial charge in [0, 0.05) is 11.8 Å². The zero-order valence-corrected chi connectivity index (χ0v) is 19.6. The van der Waals surface area contributed by atoms with E-state index in [1.165, 1.54) is 12.1 Å². The highest BCUT2D eigenvalue weighted by molar-refractivity contribution is 5.75. The molecule has 1 aliphatic heterocycles. The Morgan fingerprint density at radius 3 is 2.83 bits per heavy atom. The second-order valence-corrected chi connectivity index (χ2v) is 8.46. The van der Waals surface area contributed by atoms with Crippen LogP contribution < -0.4 is 10.1 Å². The largest absolute Gasteiger partial charge is 0.479 e. The molecular formula is C25H26FN7O2. The number of halogens is 1. The first-order valence-electron chi connectivity index (χ1n) is 11.5. The number of nitrogens with one attached hydrogen (secondary N) is 1. The molecular weight excluding hydrogens is 449 g/mol. The van der Waals surface area contributed by atoms with Crippen LogP contribution in [-0.4, -0.2) is 54.4 Å². The van der Waals surface area contributed by atoms with Gasteiger partial charge in [-0.2, -0.15) is 5.10 Å². The second-order valence-electron chi connectivity index (χ2n) is 8.46. The summed E-state index contributed by atoms with van der Waals surface area (Å²) in [6, 6.07) is 4.94. The van der Waals surface area contributed by atoms with Crippen LogP contribution >= 0.6 is 0 Å². The summed E-state index contributed by atoms with van der Waals surface area (Å²) in [4.78, 5) is 4.08. The molecule has 0 aliphatic carbocycles. The van der Waals surface area contributed by atoms with Crippen molar-refractivity contribution in [3.8, 4) is 28.8 Å². The van der Waals surface area contributed by atoms with Crippen LogP contribution in [0.25, 0.3) is 16.8 Å². The fraction of sp³-hybridized carbons (Fsp3) is 0.360. The summed E-state index contributed by atoms with van der Waals surface area (Å²) < 4.78 is 23.3. The highest BCUT2D eigenvalue weighted by Crippen LogP contribution is 2.34. The summed E-state index contributed by atoms with van der Waals surface area (Å²) in [5.74, 6) is 5.94. The minimum Gasteiger partial charge on any atom is -0.479 e. The van der Waals surface area contributed by atoms with E-state index in [4.69, 9.17) is 4.74 Å². The van der Waals surface area contributed by atoms with E-state index in [-0.39, 0.29) is 6.61 Å². The molecule has 2 N–H and O–H groups in total.